The quantitative estimate of drug-likeness (QED) is 0.758. The lowest BCUT2D eigenvalue weighted by atomic mass is 10.1. The molecule has 0 saturated heterocycles. The molecule has 0 aliphatic carbocycles. The molecule has 0 fully saturated rings. The van der Waals surface area contributed by atoms with Crippen LogP contribution >= 0.6 is 0 Å². The monoisotopic (exact) mass is 203 g/mol. The van der Waals surface area contributed by atoms with Crippen LogP contribution in [0.15, 0.2) is 12.1 Å². The van der Waals surface area contributed by atoms with Crippen LogP contribution in [0.5, 0.6) is 0 Å². The summed E-state index contributed by atoms with van der Waals surface area (Å²) in [4.78, 5) is 14.9. The van der Waals surface area contributed by atoms with Crippen molar-refractivity contribution in [2.24, 2.45) is 0 Å². The van der Waals surface area contributed by atoms with Crippen molar-refractivity contribution in [1.82, 2.24) is 4.98 Å². The zero-order chi connectivity index (χ0) is 11.5. The van der Waals surface area contributed by atoms with Crippen molar-refractivity contribution in [3.8, 4) is 6.07 Å². The van der Waals surface area contributed by atoms with E-state index < -0.39 is 5.54 Å². The first-order chi connectivity index (χ1) is 6.98. The third kappa shape index (κ3) is 2.78. The molecule has 0 spiro atoms. The number of hydrogen-bond acceptors (Lipinski definition) is 4. The molecule has 1 heterocycles. The molecular formula is C11H13N3O. The van der Waals surface area contributed by atoms with Gasteiger partial charge in [0.05, 0.1) is 16.8 Å². The summed E-state index contributed by atoms with van der Waals surface area (Å²) in [6, 6.07) is 5.42. The number of rotatable bonds is 3. The lowest BCUT2D eigenvalue weighted by molar-refractivity contribution is -0.110. The van der Waals surface area contributed by atoms with Crippen LogP contribution in [-0.4, -0.2) is 16.8 Å². The topological polar surface area (TPSA) is 65.8 Å². The van der Waals surface area contributed by atoms with Gasteiger partial charge in [-0.1, -0.05) is 0 Å². The number of nitrogens with one attached hydrogen (secondary N) is 1. The highest BCUT2D eigenvalue weighted by Gasteiger charge is 2.16. The summed E-state index contributed by atoms with van der Waals surface area (Å²) >= 11 is 0. The second-order valence-electron chi connectivity index (χ2n) is 3.91. The van der Waals surface area contributed by atoms with Gasteiger partial charge >= 0.3 is 0 Å². The maximum absolute atomic E-state index is 10.7. The van der Waals surface area contributed by atoms with Crippen molar-refractivity contribution in [1.29, 1.82) is 5.26 Å². The highest BCUT2D eigenvalue weighted by molar-refractivity contribution is 5.68. The summed E-state index contributed by atoms with van der Waals surface area (Å²) in [5, 5.41) is 11.7. The lowest BCUT2D eigenvalue weighted by Crippen LogP contribution is -2.32. The first kappa shape index (κ1) is 11.2. The summed E-state index contributed by atoms with van der Waals surface area (Å²) in [5.74, 6) is 0.601. The van der Waals surface area contributed by atoms with E-state index in [4.69, 9.17) is 5.26 Å². The van der Waals surface area contributed by atoms with Gasteiger partial charge in [-0.25, -0.2) is 4.98 Å². The molecule has 0 aromatic carbocycles. The number of carbonyl (C=O) groups is 1. The van der Waals surface area contributed by atoms with Crippen LogP contribution in [0.4, 0.5) is 5.82 Å². The maximum atomic E-state index is 10.7. The molecule has 4 nitrogen and oxygen atoms in total. The van der Waals surface area contributed by atoms with Crippen LogP contribution < -0.4 is 5.32 Å². The predicted octanol–water partition coefficient (Wildman–Crippen LogP) is 1.65. The molecule has 0 atom stereocenters. The zero-order valence-corrected chi connectivity index (χ0v) is 9.03. The molecule has 0 unspecified atom stereocenters. The highest BCUT2D eigenvalue weighted by atomic mass is 16.1. The molecule has 1 N–H and O–H groups in total. The van der Waals surface area contributed by atoms with Crippen molar-refractivity contribution >= 4 is 12.1 Å². The van der Waals surface area contributed by atoms with E-state index in [9.17, 15) is 4.79 Å². The molecule has 1 aromatic heterocycles. The number of nitriles is 1. The molecular weight excluding hydrogens is 190 g/mol. The van der Waals surface area contributed by atoms with Crippen molar-refractivity contribution < 1.29 is 4.79 Å². The largest absolute Gasteiger partial charge is 0.358 e. The highest BCUT2D eigenvalue weighted by Crippen LogP contribution is 2.13. The summed E-state index contributed by atoms with van der Waals surface area (Å²) in [7, 11) is 0. The smallest absolute Gasteiger partial charge is 0.144 e. The molecule has 15 heavy (non-hydrogen) atoms. The summed E-state index contributed by atoms with van der Waals surface area (Å²) in [6.45, 7) is 5.28. The fourth-order valence-electron chi connectivity index (χ4n) is 1.11. The Morgan fingerprint density at radius 1 is 1.53 bits per heavy atom. The Labute approximate surface area is 88.9 Å². The predicted molar refractivity (Wildman–Crippen MR) is 57.5 cm³/mol. The van der Waals surface area contributed by atoms with Gasteiger partial charge in [-0.2, -0.15) is 5.26 Å². The minimum Gasteiger partial charge on any atom is -0.358 e. The Kier molecular flexibility index (Phi) is 3.05. The number of aromatic nitrogens is 1. The molecule has 0 saturated carbocycles. The van der Waals surface area contributed by atoms with Gasteiger partial charge < -0.3 is 10.1 Å². The minimum absolute atomic E-state index is 0.546. The van der Waals surface area contributed by atoms with Gasteiger partial charge in [0.2, 0.25) is 0 Å². The van der Waals surface area contributed by atoms with Crippen LogP contribution in [0.25, 0.3) is 0 Å². The Morgan fingerprint density at radius 3 is 2.67 bits per heavy atom. The molecule has 0 aliphatic rings. The van der Waals surface area contributed by atoms with Crippen LogP contribution in [0.1, 0.15) is 25.1 Å². The fraction of sp³-hybridized carbons (Fsp3) is 0.364. The number of pyridine rings is 1. The van der Waals surface area contributed by atoms with E-state index in [1.54, 1.807) is 32.9 Å². The van der Waals surface area contributed by atoms with E-state index >= 15 is 0 Å². The number of nitrogens with zero attached hydrogens (tertiary/aromatic N) is 2. The van der Waals surface area contributed by atoms with Crippen LogP contribution in [-0.2, 0) is 4.79 Å². The summed E-state index contributed by atoms with van der Waals surface area (Å²) in [5.41, 5.74) is 0.557. The first-order valence-electron chi connectivity index (χ1n) is 4.61. The molecule has 1 rings (SSSR count). The first-order valence-corrected chi connectivity index (χ1v) is 4.61. The van der Waals surface area contributed by atoms with Crippen molar-refractivity contribution in [2.45, 2.75) is 26.3 Å². The molecule has 0 amide bonds. The number of anilines is 1. The molecule has 0 bridgehead atoms. The summed E-state index contributed by atoms with van der Waals surface area (Å²) < 4.78 is 0. The maximum Gasteiger partial charge on any atom is 0.144 e. The SMILES string of the molecule is Cc1nc(NC(C)(C)C=O)ccc1C#N. The van der Waals surface area contributed by atoms with Crippen LogP contribution in [0, 0.1) is 18.3 Å². The van der Waals surface area contributed by atoms with Gasteiger partial charge in [0.25, 0.3) is 0 Å². The second-order valence-corrected chi connectivity index (χ2v) is 3.91. The number of carbonyl (C=O) groups excluding carboxylic acids is 1. The van der Waals surface area contributed by atoms with Crippen LogP contribution in [0.3, 0.4) is 0 Å². The standard InChI is InChI=1S/C11H13N3O/c1-8-9(6-12)4-5-10(13-8)14-11(2,3)7-15/h4-5,7H,1-3H3,(H,13,14). The van der Waals surface area contributed by atoms with Gasteiger partial charge in [-0.15, -0.1) is 0 Å². The Hall–Kier alpha value is -1.89. The average molecular weight is 203 g/mol. The van der Waals surface area contributed by atoms with E-state index in [0.29, 0.717) is 17.1 Å². The van der Waals surface area contributed by atoms with Gasteiger partial charge in [-0.05, 0) is 32.9 Å². The molecule has 0 radical (unpaired) electrons. The summed E-state index contributed by atoms with van der Waals surface area (Å²) in [6.07, 6.45) is 0.822. The van der Waals surface area contributed by atoms with Gasteiger partial charge in [0.1, 0.15) is 18.2 Å². The minimum atomic E-state index is -0.645. The van der Waals surface area contributed by atoms with E-state index in [1.165, 1.54) is 0 Å². The Morgan fingerprint density at radius 2 is 2.20 bits per heavy atom. The van der Waals surface area contributed by atoms with E-state index in [2.05, 4.69) is 10.3 Å². The van der Waals surface area contributed by atoms with E-state index in [0.717, 1.165) is 6.29 Å². The molecule has 4 heteroatoms. The van der Waals surface area contributed by atoms with E-state index in [1.807, 2.05) is 6.07 Å². The normalized spacial score (nSPS) is 10.5. The van der Waals surface area contributed by atoms with Gasteiger partial charge in [-0.3, -0.25) is 0 Å². The van der Waals surface area contributed by atoms with Gasteiger partial charge in [0, 0.05) is 0 Å². The van der Waals surface area contributed by atoms with Crippen molar-refractivity contribution in [2.75, 3.05) is 5.32 Å². The van der Waals surface area contributed by atoms with Crippen LogP contribution in [0.2, 0.25) is 0 Å². The molecule has 1 aromatic rings. The number of aryl methyl sites for hydroxylation is 1. The zero-order valence-electron chi connectivity index (χ0n) is 9.03. The molecule has 78 valence electrons. The molecule has 0 aliphatic heterocycles. The average Bonchev–Trinajstić information content (AvgIpc) is 2.17. The third-order valence-corrected chi connectivity index (χ3v) is 1.95. The van der Waals surface area contributed by atoms with E-state index in [-0.39, 0.29) is 0 Å². The van der Waals surface area contributed by atoms with Crippen molar-refractivity contribution in [3.05, 3.63) is 23.4 Å². The fourth-order valence-corrected chi connectivity index (χ4v) is 1.11. The second kappa shape index (κ2) is 4.09. The lowest BCUT2D eigenvalue weighted by Gasteiger charge is -2.19. The van der Waals surface area contributed by atoms with Crippen molar-refractivity contribution in [3.63, 3.8) is 0 Å². The Bertz CT molecular complexity index is 418. The third-order valence-electron chi connectivity index (χ3n) is 1.95. The number of aldehydes is 1. The Balaban J connectivity index is 2.95. The van der Waals surface area contributed by atoms with Gasteiger partial charge in [0.15, 0.2) is 0 Å². The number of hydrogen-bond donors (Lipinski definition) is 1.